The van der Waals surface area contributed by atoms with Gasteiger partial charge in [0.25, 0.3) is 0 Å². The van der Waals surface area contributed by atoms with Crippen LogP contribution in [0.1, 0.15) is 17.2 Å². The van der Waals surface area contributed by atoms with Gasteiger partial charge in [-0.2, -0.15) is 13.2 Å². The Hall–Kier alpha value is -1.07. The summed E-state index contributed by atoms with van der Waals surface area (Å²) in [5.41, 5.74) is -1.22. The highest BCUT2D eigenvalue weighted by molar-refractivity contribution is 5.31. The van der Waals surface area contributed by atoms with Gasteiger partial charge in [-0.3, -0.25) is 0 Å². The number of aliphatic hydroxyl groups excluding tert-OH is 2. The zero-order valence-electron chi connectivity index (χ0n) is 7.12. The maximum Gasteiger partial charge on any atom is 0.416 e. The van der Waals surface area contributed by atoms with Gasteiger partial charge in [-0.25, -0.2) is 0 Å². The molecule has 0 spiro atoms. The van der Waals surface area contributed by atoms with Crippen LogP contribution in [-0.2, 0) is 6.18 Å². The Kier molecular flexibility index (Phi) is 3.13. The molecule has 78 valence electrons. The second-order valence-corrected chi connectivity index (χ2v) is 2.78. The number of rotatable bonds is 2. The summed E-state index contributed by atoms with van der Waals surface area (Å²) in [7, 11) is 0. The summed E-state index contributed by atoms with van der Waals surface area (Å²) >= 11 is 0. The van der Waals surface area contributed by atoms with Crippen molar-refractivity contribution in [3.05, 3.63) is 35.4 Å². The average molecular weight is 206 g/mol. The van der Waals surface area contributed by atoms with Gasteiger partial charge >= 0.3 is 6.18 Å². The Morgan fingerprint density at radius 1 is 1.21 bits per heavy atom. The molecule has 0 aromatic heterocycles. The van der Waals surface area contributed by atoms with Gasteiger partial charge in [-0.15, -0.1) is 0 Å². The molecule has 2 nitrogen and oxygen atoms in total. The van der Waals surface area contributed by atoms with Gasteiger partial charge in [0, 0.05) is 0 Å². The van der Waals surface area contributed by atoms with Crippen LogP contribution in [0.5, 0.6) is 0 Å². The highest BCUT2D eigenvalue weighted by Crippen LogP contribution is 2.34. The number of benzene rings is 1. The minimum Gasteiger partial charge on any atom is -0.393 e. The molecule has 0 heterocycles. The molecule has 0 aliphatic carbocycles. The summed E-state index contributed by atoms with van der Waals surface area (Å²) in [6, 6.07) is 4.62. The van der Waals surface area contributed by atoms with E-state index in [-0.39, 0.29) is 5.56 Å². The monoisotopic (exact) mass is 206 g/mol. The zero-order valence-corrected chi connectivity index (χ0v) is 7.12. The van der Waals surface area contributed by atoms with Gasteiger partial charge in [0.05, 0.1) is 12.2 Å². The summed E-state index contributed by atoms with van der Waals surface area (Å²) < 4.78 is 37.1. The van der Waals surface area contributed by atoms with Crippen LogP contribution < -0.4 is 0 Å². The molecule has 0 unspecified atom stereocenters. The van der Waals surface area contributed by atoms with Gasteiger partial charge in [-0.05, 0) is 11.6 Å². The first kappa shape index (κ1) is 11.0. The molecular formula is C9H9F3O2. The molecule has 0 aliphatic heterocycles. The number of hydrogen-bond acceptors (Lipinski definition) is 2. The Morgan fingerprint density at radius 2 is 1.79 bits per heavy atom. The molecule has 0 amide bonds. The summed E-state index contributed by atoms with van der Waals surface area (Å²) in [4.78, 5) is 0. The highest BCUT2D eigenvalue weighted by atomic mass is 19.4. The van der Waals surface area contributed by atoms with Crippen molar-refractivity contribution in [2.24, 2.45) is 0 Å². The molecule has 0 bridgehead atoms. The third-order valence-electron chi connectivity index (χ3n) is 1.80. The van der Waals surface area contributed by atoms with Crippen LogP contribution in [0.2, 0.25) is 0 Å². The van der Waals surface area contributed by atoms with E-state index in [1.165, 1.54) is 12.1 Å². The van der Waals surface area contributed by atoms with Crippen molar-refractivity contribution in [2.75, 3.05) is 6.61 Å². The van der Waals surface area contributed by atoms with E-state index < -0.39 is 24.5 Å². The quantitative estimate of drug-likeness (QED) is 0.773. The summed E-state index contributed by atoms with van der Waals surface area (Å²) in [6.45, 7) is -0.729. The maximum absolute atomic E-state index is 12.4. The van der Waals surface area contributed by atoms with Crippen molar-refractivity contribution >= 4 is 0 Å². The van der Waals surface area contributed by atoms with Crippen molar-refractivity contribution in [1.82, 2.24) is 0 Å². The normalized spacial score (nSPS) is 14.1. The van der Waals surface area contributed by atoms with Crippen molar-refractivity contribution < 1.29 is 23.4 Å². The van der Waals surface area contributed by atoms with E-state index in [4.69, 9.17) is 10.2 Å². The summed E-state index contributed by atoms with van der Waals surface area (Å²) in [6.07, 6.45) is -6.00. The number of aliphatic hydroxyl groups is 2. The Balaban J connectivity index is 3.16. The molecule has 1 aromatic rings. The molecule has 1 atom stereocenters. The topological polar surface area (TPSA) is 40.5 Å². The van der Waals surface area contributed by atoms with Crippen molar-refractivity contribution in [3.63, 3.8) is 0 Å². The van der Waals surface area contributed by atoms with E-state index in [1.54, 1.807) is 0 Å². The van der Waals surface area contributed by atoms with Crippen LogP contribution in [0, 0.1) is 0 Å². The molecule has 0 aliphatic rings. The highest BCUT2D eigenvalue weighted by Gasteiger charge is 2.34. The second-order valence-electron chi connectivity index (χ2n) is 2.78. The van der Waals surface area contributed by atoms with Crippen LogP contribution in [-0.4, -0.2) is 16.8 Å². The Labute approximate surface area is 78.6 Å². The number of halogens is 3. The standard InChI is InChI=1S/C9H9F3O2/c10-9(11,12)7-4-2-1-3-6(7)8(14)5-13/h1-4,8,13-14H,5H2/t8-/m1/s1. The molecule has 0 radical (unpaired) electrons. The van der Waals surface area contributed by atoms with Gasteiger partial charge in [0.15, 0.2) is 0 Å². The number of alkyl halides is 3. The van der Waals surface area contributed by atoms with Gasteiger partial charge in [0.1, 0.15) is 6.10 Å². The van der Waals surface area contributed by atoms with E-state index in [0.717, 1.165) is 12.1 Å². The van der Waals surface area contributed by atoms with Gasteiger partial charge in [0.2, 0.25) is 0 Å². The largest absolute Gasteiger partial charge is 0.416 e. The minimum absolute atomic E-state index is 0.303. The average Bonchev–Trinajstić information content (AvgIpc) is 2.15. The maximum atomic E-state index is 12.4. The van der Waals surface area contributed by atoms with Crippen LogP contribution in [0.15, 0.2) is 24.3 Å². The molecule has 1 aromatic carbocycles. The van der Waals surface area contributed by atoms with Crippen molar-refractivity contribution in [1.29, 1.82) is 0 Å². The molecule has 5 heteroatoms. The van der Waals surface area contributed by atoms with E-state index in [2.05, 4.69) is 0 Å². The first-order valence-corrected chi connectivity index (χ1v) is 3.92. The molecular weight excluding hydrogens is 197 g/mol. The molecule has 2 N–H and O–H groups in total. The lowest BCUT2D eigenvalue weighted by atomic mass is 10.0. The van der Waals surface area contributed by atoms with Crippen LogP contribution in [0.3, 0.4) is 0 Å². The van der Waals surface area contributed by atoms with Crippen molar-refractivity contribution in [3.8, 4) is 0 Å². The van der Waals surface area contributed by atoms with Crippen LogP contribution in [0.4, 0.5) is 13.2 Å². The Bertz CT molecular complexity index is 309. The summed E-state index contributed by atoms with van der Waals surface area (Å²) in [5.74, 6) is 0. The lowest BCUT2D eigenvalue weighted by Crippen LogP contribution is -2.13. The minimum atomic E-state index is -4.51. The predicted molar refractivity (Wildman–Crippen MR) is 43.5 cm³/mol. The third kappa shape index (κ3) is 2.24. The lowest BCUT2D eigenvalue weighted by Gasteiger charge is -2.15. The van der Waals surface area contributed by atoms with Crippen LogP contribution >= 0.6 is 0 Å². The number of hydrogen-bond donors (Lipinski definition) is 2. The third-order valence-corrected chi connectivity index (χ3v) is 1.80. The first-order valence-electron chi connectivity index (χ1n) is 3.92. The molecule has 0 fully saturated rings. The fraction of sp³-hybridized carbons (Fsp3) is 0.333. The van der Waals surface area contributed by atoms with Crippen molar-refractivity contribution in [2.45, 2.75) is 12.3 Å². The van der Waals surface area contributed by atoms with Gasteiger partial charge < -0.3 is 10.2 Å². The molecule has 0 saturated heterocycles. The zero-order chi connectivity index (χ0) is 10.8. The Morgan fingerprint density at radius 3 is 2.29 bits per heavy atom. The first-order chi connectivity index (χ1) is 6.46. The van der Waals surface area contributed by atoms with E-state index in [0.29, 0.717) is 0 Å². The lowest BCUT2D eigenvalue weighted by molar-refractivity contribution is -0.139. The summed E-state index contributed by atoms with van der Waals surface area (Å²) in [5, 5.41) is 17.7. The SMILES string of the molecule is OC[C@@H](O)c1ccccc1C(F)(F)F. The molecule has 14 heavy (non-hydrogen) atoms. The second kappa shape index (κ2) is 3.98. The van der Waals surface area contributed by atoms with E-state index >= 15 is 0 Å². The van der Waals surface area contributed by atoms with E-state index in [1.807, 2.05) is 0 Å². The fourth-order valence-electron chi connectivity index (χ4n) is 1.14. The van der Waals surface area contributed by atoms with E-state index in [9.17, 15) is 13.2 Å². The fourth-order valence-corrected chi connectivity index (χ4v) is 1.14. The molecule has 0 saturated carbocycles. The van der Waals surface area contributed by atoms with Gasteiger partial charge in [-0.1, -0.05) is 18.2 Å². The molecule has 1 rings (SSSR count). The van der Waals surface area contributed by atoms with Crippen LogP contribution in [0.25, 0.3) is 0 Å². The predicted octanol–water partition coefficient (Wildman–Crippen LogP) is 1.73. The smallest absolute Gasteiger partial charge is 0.393 e.